The van der Waals surface area contributed by atoms with E-state index in [-0.39, 0.29) is 12.8 Å². The third-order valence-corrected chi connectivity index (χ3v) is 4.22. The molecule has 2 aliphatic rings. The van der Waals surface area contributed by atoms with Crippen LogP contribution in [0.2, 0.25) is 0 Å². The number of aliphatic imine (C=N–C) groups is 1. The van der Waals surface area contributed by atoms with E-state index in [1.54, 1.807) is 7.11 Å². The Balaban J connectivity index is 1.48. The molecule has 4 rings (SSSR count). The summed E-state index contributed by atoms with van der Waals surface area (Å²) in [6.45, 7) is 0.891. The monoisotopic (exact) mass is 352 g/mol. The summed E-state index contributed by atoms with van der Waals surface area (Å²) in [7, 11) is 1.65. The normalized spacial score (nSPS) is 17.8. The van der Waals surface area contributed by atoms with Crippen molar-refractivity contribution >= 4 is 5.96 Å². The number of hydrogen-bond acceptors (Lipinski definition) is 7. The zero-order valence-corrected chi connectivity index (χ0v) is 14.4. The zero-order chi connectivity index (χ0) is 17.9. The molecule has 26 heavy (non-hydrogen) atoms. The summed E-state index contributed by atoms with van der Waals surface area (Å²) >= 11 is 0. The highest BCUT2D eigenvalue weighted by Crippen LogP contribution is 2.32. The fraction of sp³-hybridized carbons (Fsp3) is 0.211. The number of fused-ring (bicyclic) bond motifs is 1. The molecule has 0 spiro atoms. The predicted molar refractivity (Wildman–Crippen MR) is 98.0 cm³/mol. The summed E-state index contributed by atoms with van der Waals surface area (Å²) in [6.07, 6.45) is 2.00. The first-order valence-corrected chi connectivity index (χ1v) is 8.30. The molecular weight excluding hydrogens is 332 g/mol. The van der Waals surface area contributed by atoms with Crippen LogP contribution in [-0.2, 0) is 6.54 Å². The number of nitrogens with two attached hydrogens (primary N) is 1. The van der Waals surface area contributed by atoms with E-state index in [4.69, 9.17) is 19.9 Å². The Morgan fingerprint density at radius 1 is 1.23 bits per heavy atom. The minimum absolute atomic E-state index is 0.175. The highest BCUT2D eigenvalue weighted by Gasteiger charge is 2.17. The van der Waals surface area contributed by atoms with Crippen molar-refractivity contribution in [2.45, 2.75) is 12.6 Å². The van der Waals surface area contributed by atoms with Crippen LogP contribution in [0.25, 0.3) is 0 Å². The maximum absolute atomic E-state index is 5.96. The Kier molecular flexibility index (Phi) is 4.27. The lowest BCUT2D eigenvalue weighted by atomic mass is 10.1. The molecular formula is C19H20N4O3. The molecule has 0 saturated carbocycles. The molecule has 2 aliphatic heterocycles. The number of rotatable bonds is 5. The van der Waals surface area contributed by atoms with Gasteiger partial charge in [0.2, 0.25) is 6.79 Å². The number of ether oxygens (including phenoxy) is 3. The van der Waals surface area contributed by atoms with Gasteiger partial charge in [-0.15, -0.1) is 0 Å². The quantitative estimate of drug-likeness (QED) is 0.763. The van der Waals surface area contributed by atoms with Crippen molar-refractivity contribution in [1.82, 2.24) is 10.6 Å². The van der Waals surface area contributed by atoms with Crippen molar-refractivity contribution in [3.63, 3.8) is 0 Å². The summed E-state index contributed by atoms with van der Waals surface area (Å²) in [5.41, 5.74) is 8.05. The first-order valence-electron chi connectivity index (χ1n) is 8.30. The van der Waals surface area contributed by atoms with Gasteiger partial charge in [0, 0.05) is 6.54 Å². The van der Waals surface area contributed by atoms with Gasteiger partial charge < -0.3 is 30.6 Å². The van der Waals surface area contributed by atoms with Crippen LogP contribution in [0.4, 0.5) is 0 Å². The van der Waals surface area contributed by atoms with Gasteiger partial charge in [0.1, 0.15) is 17.6 Å². The number of hydrogen-bond donors (Lipinski definition) is 3. The van der Waals surface area contributed by atoms with E-state index in [0.29, 0.717) is 12.5 Å². The summed E-state index contributed by atoms with van der Waals surface area (Å²) in [5, 5.41) is 6.41. The van der Waals surface area contributed by atoms with Crippen LogP contribution >= 0.6 is 0 Å². The molecule has 0 amide bonds. The van der Waals surface area contributed by atoms with Gasteiger partial charge in [-0.1, -0.05) is 18.2 Å². The number of methoxy groups -OCH3 is 1. The van der Waals surface area contributed by atoms with Crippen LogP contribution in [-0.4, -0.2) is 19.9 Å². The third-order valence-electron chi connectivity index (χ3n) is 4.22. The molecule has 0 aliphatic carbocycles. The zero-order valence-electron chi connectivity index (χ0n) is 14.4. The predicted octanol–water partition coefficient (Wildman–Crippen LogP) is 2.01. The molecule has 0 bridgehead atoms. The third kappa shape index (κ3) is 3.37. The van der Waals surface area contributed by atoms with Gasteiger partial charge in [-0.25, -0.2) is 4.99 Å². The van der Waals surface area contributed by atoms with Gasteiger partial charge in [0.05, 0.1) is 7.11 Å². The van der Waals surface area contributed by atoms with E-state index in [9.17, 15) is 0 Å². The van der Waals surface area contributed by atoms with Gasteiger partial charge in [-0.3, -0.25) is 0 Å². The van der Waals surface area contributed by atoms with E-state index in [1.807, 2.05) is 48.5 Å². The van der Waals surface area contributed by atoms with E-state index in [1.165, 1.54) is 0 Å². The lowest BCUT2D eigenvalue weighted by Gasteiger charge is -2.21. The molecule has 1 unspecified atom stereocenters. The number of nitrogens with one attached hydrogen (secondary N) is 2. The van der Waals surface area contributed by atoms with E-state index < -0.39 is 0 Å². The second-order valence-corrected chi connectivity index (χ2v) is 5.98. The number of benzene rings is 2. The molecule has 0 saturated heterocycles. The van der Waals surface area contributed by atoms with Crippen molar-refractivity contribution in [3.05, 3.63) is 65.5 Å². The molecule has 1 atom stereocenters. The van der Waals surface area contributed by atoms with Gasteiger partial charge in [-0.05, 0) is 41.5 Å². The molecule has 7 nitrogen and oxygen atoms in total. The van der Waals surface area contributed by atoms with Crippen molar-refractivity contribution in [3.8, 4) is 17.2 Å². The first-order chi connectivity index (χ1) is 12.7. The van der Waals surface area contributed by atoms with Crippen molar-refractivity contribution < 1.29 is 14.2 Å². The van der Waals surface area contributed by atoms with E-state index >= 15 is 0 Å². The smallest absolute Gasteiger partial charge is 0.231 e. The van der Waals surface area contributed by atoms with E-state index in [0.717, 1.165) is 34.2 Å². The summed E-state index contributed by atoms with van der Waals surface area (Å²) in [4.78, 5) is 4.46. The molecule has 0 aromatic heterocycles. The largest absolute Gasteiger partial charge is 0.497 e. The highest BCUT2D eigenvalue weighted by atomic mass is 16.7. The van der Waals surface area contributed by atoms with Crippen LogP contribution in [0.3, 0.4) is 0 Å². The molecule has 2 aromatic carbocycles. The molecule has 4 N–H and O–H groups in total. The van der Waals surface area contributed by atoms with Crippen LogP contribution in [0, 0.1) is 0 Å². The van der Waals surface area contributed by atoms with Crippen LogP contribution in [0.15, 0.2) is 59.4 Å². The SMILES string of the molecule is COc1cccc(C2C=C(NCc3ccc4c(c3)OCO4)NC(N)=N2)c1. The lowest BCUT2D eigenvalue weighted by Crippen LogP contribution is -2.39. The minimum atomic E-state index is -0.175. The molecule has 7 heteroatoms. The maximum Gasteiger partial charge on any atom is 0.231 e. The van der Waals surface area contributed by atoms with Crippen LogP contribution in [0.5, 0.6) is 17.2 Å². The Morgan fingerprint density at radius 3 is 3.00 bits per heavy atom. The number of guanidine groups is 1. The average molecular weight is 352 g/mol. The molecule has 2 heterocycles. The second-order valence-electron chi connectivity index (χ2n) is 5.98. The van der Waals surface area contributed by atoms with Gasteiger partial charge in [-0.2, -0.15) is 0 Å². The number of nitrogens with zero attached hydrogens (tertiary/aromatic N) is 1. The summed E-state index contributed by atoms with van der Waals surface area (Å²) in [6, 6.07) is 13.5. The van der Waals surface area contributed by atoms with Gasteiger partial charge in [0.25, 0.3) is 0 Å². The fourth-order valence-electron chi connectivity index (χ4n) is 2.90. The minimum Gasteiger partial charge on any atom is -0.497 e. The summed E-state index contributed by atoms with van der Waals surface area (Å²) in [5.74, 6) is 3.51. The maximum atomic E-state index is 5.96. The van der Waals surface area contributed by atoms with Crippen molar-refractivity contribution in [1.29, 1.82) is 0 Å². The van der Waals surface area contributed by atoms with Crippen molar-refractivity contribution in [2.75, 3.05) is 13.9 Å². The fourth-order valence-corrected chi connectivity index (χ4v) is 2.90. The van der Waals surface area contributed by atoms with Crippen LogP contribution in [0.1, 0.15) is 17.2 Å². The topological polar surface area (TPSA) is 90.1 Å². The molecule has 134 valence electrons. The average Bonchev–Trinajstić information content (AvgIpc) is 3.14. The standard InChI is InChI=1S/C19H20N4O3/c1-24-14-4-2-3-13(8-14)15-9-18(23-19(20)22-15)21-10-12-5-6-16-17(7-12)26-11-25-16/h2-9,15,21H,10-11H2,1H3,(H3,20,22,23). The summed E-state index contributed by atoms with van der Waals surface area (Å²) < 4.78 is 16.0. The van der Waals surface area contributed by atoms with Crippen molar-refractivity contribution in [2.24, 2.45) is 10.7 Å². The Bertz CT molecular complexity index is 879. The molecule has 0 radical (unpaired) electrons. The van der Waals surface area contributed by atoms with Crippen LogP contribution < -0.4 is 30.6 Å². The van der Waals surface area contributed by atoms with E-state index in [2.05, 4.69) is 15.6 Å². The Morgan fingerprint density at radius 2 is 2.12 bits per heavy atom. The highest BCUT2D eigenvalue weighted by molar-refractivity contribution is 5.81. The lowest BCUT2D eigenvalue weighted by molar-refractivity contribution is 0.174. The van der Waals surface area contributed by atoms with Gasteiger partial charge >= 0.3 is 0 Å². The Hall–Kier alpha value is -3.35. The molecule has 2 aromatic rings. The second kappa shape index (κ2) is 6.87. The molecule has 0 fully saturated rings. The van der Waals surface area contributed by atoms with Gasteiger partial charge in [0.15, 0.2) is 17.5 Å². The first kappa shape index (κ1) is 16.1. The Labute approximate surface area is 151 Å².